The Morgan fingerprint density at radius 2 is 2.05 bits per heavy atom. The summed E-state index contributed by atoms with van der Waals surface area (Å²) in [6.07, 6.45) is 1.92. The summed E-state index contributed by atoms with van der Waals surface area (Å²) >= 11 is 1.08. The molecule has 2 rings (SSSR count). The van der Waals surface area contributed by atoms with Crippen molar-refractivity contribution in [3.63, 3.8) is 0 Å². The number of alkyl halides is 3. The average Bonchev–Trinajstić information content (AvgIpc) is 2.36. The number of aromatic nitrogens is 2. The summed E-state index contributed by atoms with van der Waals surface area (Å²) in [5, 5.41) is 3.14. The summed E-state index contributed by atoms with van der Waals surface area (Å²) in [5.41, 5.74) is -4.76. The Balaban J connectivity index is 2.46. The molecule has 0 saturated carbocycles. The topological polar surface area (TPSA) is 81.2 Å². The second-order valence-electron chi connectivity index (χ2n) is 3.85. The first kappa shape index (κ1) is 15.3. The average molecular weight is 329 g/mol. The van der Waals surface area contributed by atoms with E-state index in [1.807, 2.05) is 0 Å². The number of nitrogens with one attached hydrogen (secondary N) is 1. The molecule has 0 saturated heterocycles. The number of hydrogen-bond donors (Lipinski definition) is 1. The van der Waals surface area contributed by atoms with Crippen molar-refractivity contribution >= 4 is 21.9 Å². The van der Waals surface area contributed by atoms with Gasteiger partial charge in [-0.1, -0.05) is 11.8 Å². The first-order valence-corrected chi connectivity index (χ1v) is 8.03. The minimum absolute atomic E-state index is 0.153. The maximum absolute atomic E-state index is 12.4. The fourth-order valence-electron chi connectivity index (χ4n) is 1.61. The molecule has 1 aliphatic rings. The van der Waals surface area contributed by atoms with E-state index in [4.69, 9.17) is 0 Å². The van der Waals surface area contributed by atoms with Crippen molar-refractivity contribution < 1.29 is 25.8 Å². The second kappa shape index (κ2) is 5.37. The normalized spacial score (nSPS) is 15.8. The molecule has 1 aliphatic heterocycles. The third-order valence-electron chi connectivity index (χ3n) is 2.53. The number of halogens is 3. The van der Waals surface area contributed by atoms with E-state index in [1.165, 1.54) is 0 Å². The molecule has 0 fully saturated rings. The molecule has 0 unspecified atom stereocenters. The minimum atomic E-state index is -5.73. The van der Waals surface area contributed by atoms with Crippen molar-refractivity contribution in [3.8, 4) is 5.88 Å². The van der Waals surface area contributed by atoms with Crippen molar-refractivity contribution in [2.45, 2.75) is 23.6 Å². The Kier molecular flexibility index (Phi) is 4.12. The molecule has 0 amide bonds. The lowest BCUT2D eigenvalue weighted by Crippen LogP contribution is -2.31. The largest absolute Gasteiger partial charge is 0.534 e. The van der Waals surface area contributed by atoms with Crippen LogP contribution in [0, 0.1) is 0 Å². The van der Waals surface area contributed by atoms with Crippen LogP contribution in [0.3, 0.4) is 0 Å². The highest BCUT2D eigenvalue weighted by molar-refractivity contribution is 7.98. The van der Waals surface area contributed by atoms with Crippen molar-refractivity contribution in [3.05, 3.63) is 11.3 Å². The minimum Gasteiger partial charge on any atom is -0.355 e. The highest BCUT2D eigenvalue weighted by Gasteiger charge is 2.49. The van der Waals surface area contributed by atoms with Crippen LogP contribution in [0.4, 0.5) is 13.2 Å². The third kappa shape index (κ3) is 2.99. The van der Waals surface area contributed by atoms with E-state index < -0.39 is 21.5 Å². The molecule has 0 bridgehead atoms. The molecule has 0 aromatic carbocycles. The first-order chi connectivity index (χ1) is 9.24. The van der Waals surface area contributed by atoms with Gasteiger partial charge in [-0.3, -0.25) is 0 Å². The molecular weight excluding hydrogens is 319 g/mol. The van der Waals surface area contributed by atoms with E-state index >= 15 is 0 Å². The predicted octanol–water partition coefficient (Wildman–Crippen LogP) is 1.07. The summed E-state index contributed by atoms with van der Waals surface area (Å²) in [6.45, 7) is 0.811. The highest BCUT2D eigenvalue weighted by Crippen LogP contribution is 2.30. The van der Waals surface area contributed by atoms with Crippen LogP contribution in [0.5, 0.6) is 5.88 Å². The molecule has 0 radical (unpaired) electrons. The van der Waals surface area contributed by atoms with Gasteiger partial charge in [-0.05, 0) is 19.2 Å². The summed E-state index contributed by atoms with van der Waals surface area (Å²) in [7, 11) is -5.73. The SMILES string of the molecule is CSc1nc2c(c(OS(=O)(=O)C(F)(F)F)n1)CCNC2. The van der Waals surface area contributed by atoms with E-state index in [2.05, 4.69) is 19.5 Å². The number of fused-ring (bicyclic) bond motifs is 1. The van der Waals surface area contributed by atoms with Crippen LogP contribution in [-0.4, -0.2) is 36.7 Å². The van der Waals surface area contributed by atoms with Crippen molar-refractivity contribution in [1.82, 2.24) is 15.3 Å². The molecule has 0 aliphatic carbocycles. The summed E-state index contributed by atoms with van der Waals surface area (Å²) in [4.78, 5) is 7.84. The maximum Gasteiger partial charge on any atom is 0.534 e. The van der Waals surface area contributed by atoms with Crippen LogP contribution in [0.15, 0.2) is 5.16 Å². The Hall–Kier alpha value is -1.07. The molecule has 11 heteroatoms. The van der Waals surface area contributed by atoms with Crippen LogP contribution < -0.4 is 9.50 Å². The van der Waals surface area contributed by atoms with Crippen molar-refractivity contribution in [2.75, 3.05) is 12.8 Å². The Labute approximate surface area is 117 Å². The van der Waals surface area contributed by atoms with Gasteiger partial charge in [0.1, 0.15) is 0 Å². The van der Waals surface area contributed by atoms with Crippen LogP contribution in [0.25, 0.3) is 0 Å². The lowest BCUT2D eigenvalue weighted by molar-refractivity contribution is -0.0501. The van der Waals surface area contributed by atoms with Crippen LogP contribution >= 0.6 is 11.8 Å². The molecular formula is C9H10F3N3O3S2. The number of nitrogens with zero attached hydrogens (tertiary/aromatic N) is 2. The van der Waals surface area contributed by atoms with Crippen LogP contribution in [0.2, 0.25) is 0 Å². The van der Waals surface area contributed by atoms with Gasteiger partial charge in [0.05, 0.1) is 5.69 Å². The zero-order chi connectivity index (χ0) is 15.0. The molecule has 20 heavy (non-hydrogen) atoms. The Morgan fingerprint density at radius 3 is 2.65 bits per heavy atom. The van der Waals surface area contributed by atoms with Gasteiger partial charge in [0.15, 0.2) is 5.16 Å². The van der Waals surface area contributed by atoms with E-state index in [-0.39, 0.29) is 10.7 Å². The first-order valence-electron chi connectivity index (χ1n) is 5.40. The molecule has 0 atom stereocenters. The molecule has 6 nitrogen and oxygen atoms in total. The van der Waals surface area contributed by atoms with E-state index in [0.29, 0.717) is 25.2 Å². The summed E-state index contributed by atoms with van der Waals surface area (Å²) in [5.74, 6) is -0.543. The number of hydrogen-bond acceptors (Lipinski definition) is 7. The van der Waals surface area contributed by atoms with Crippen LogP contribution in [-0.2, 0) is 23.1 Å². The smallest absolute Gasteiger partial charge is 0.355 e. The maximum atomic E-state index is 12.4. The van der Waals surface area contributed by atoms with E-state index in [9.17, 15) is 21.6 Å². The molecule has 1 aromatic heterocycles. The standard InChI is InChI=1S/C9H10F3N3O3S2/c1-19-8-14-6-4-13-3-2-5(6)7(15-8)18-20(16,17)9(10,11)12/h13H,2-4H2,1H3. The second-order valence-corrected chi connectivity index (χ2v) is 6.16. The van der Waals surface area contributed by atoms with Gasteiger partial charge < -0.3 is 9.50 Å². The van der Waals surface area contributed by atoms with Gasteiger partial charge in [-0.2, -0.15) is 26.6 Å². The van der Waals surface area contributed by atoms with Gasteiger partial charge in [-0.25, -0.2) is 4.98 Å². The fraction of sp³-hybridized carbons (Fsp3) is 0.556. The van der Waals surface area contributed by atoms with E-state index in [1.54, 1.807) is 6.26 Å². The fourth-order valence-corrected chi connectivity index (χ4v) is 2.43. The Morgan fingerprint density at radius 1 is 1.35 bits per heavy atom. The molecule has 1 N–H and O–H groups in total. The number of thioether (sulfide) groups is 1. The lowest BCUT2D eigenvalue weighted by Gasteiger charge is -2.19. The van der Waals surface area contributed by atoms with Gasteiger partial charge in [0.25, 0.3) is 0 Å². The Bertz CT molecular complexity index is 619. The van der Waals surface area contributed by atoms with Crippen molar-refractivity contribution in [2.24, 2.45) is 0 Å². The third-order valence-corrected chi connectivity index (χ3v) is 4.03. The summed E-state index contributed by atoms with van der Waals surface area (Å²) in [6, 6.07) is 0. The van der Waals surface area contributed by atoms with Gasteiger partial charge in [0.2, 0.25) is 5.88 Å². The molecule has 2 heterocycles. The monoisotopic (exact) mass is 329 g/mol. The van der Waals surface area contributed by atoms with Crippen molar-refractivity contribution in [1.29, 1.82) is 0 Å². The van der Waals surface area contributed by atoms with Crippen LogP contribution in [0.1, 0.15) is 11.3 Å². The summed E-state index contributed by atoms with van der Waals surface area (Å²) < 4.78 is 63.4. The zero-order valence-corrected chi connectivity index (χ0v) is 11.8. The molecule has 0 spiro atoms. The molecule has 112 valence electrons. The quantitative estimate of drug-likeness (QED) is 0.384. The number of rotatable bonds is 3. The van der Waals surface area contributed by atoms with Gasteiger partial charge >= 0.3 is 15.6 Å². The highest BCUT2D eigenvalue weighted by atomic mass is 32.2. The predicted molar refractivity (Wildman–Crippen MR) is 64.8 cm³/mol. The zero-order valence-electron chi connectivity index (χ0n) is 10.2. The lowest BCUT2D eigenvalue weighted by atomic mass is 10.1. The van der Waals surface area contributed by atoms with E-state index in [0.717, 1.165) is 11.8 Å². The van der Waals surface area contributed by atoms with Gasteiger partial charge in [0, 0.05) is 12.1 Å². The van der Waals surface area contributed by atoms with Gasteiger partial charge in [-0.15, -0.1) is 0 Å². The molecule has 1 aromatic rings.